The molecule has 0 bridgehead atoms. The molecule has 0 amide bonds. The van der Waals surface area contributed by atoms with Crippen molar-refractivity contribution >= 4 is 0 Å². The van der Waals surface area contributed by atoms with Crippen LogP contribution in [0.5, 0.6) is 5.75 Å². The summed E-state index contributed by atoms with van der Waals surface area (Å²) in [6.07, 6.45) is 1.75. The summed E-state index contributed by atoms with van der Waals surface area (Å²) in [5, 5.41) is 3.15. The topological polar surface area (TPSA) is 37.6 Å². The van der Waals surface area contributed by atoms with Crippen molar-refractivity contribution in [2.75, 3.05) is 21.2 Å². The number of ether oxygens (including phenoxy) is 1. The van der Waals surface area contributed by atoms with E-state index in [0.29, 0.717) is 0 Å². The van der Waals surface area contributed by atoms with E-state index in [1.165, 1.54) is 11.1 Å². The summed E-state index contributed by atoms with van der Waals surface area (Å²) < 4.78 is 11.0. The highest BCUT2D eigenvalue weighted by Crippen LogP contribution is 2.20. The minimum absolute atomic E-state index is 0.780. The molecule has 0 aliphatic rings. The molecule has 0 unspecified atom stereocenters. The first-order chi connectivity index (χ1) is 9.74. The summed E-state index contributed by atoms with van der Waals surface area (Å²) in [6.45, 7) is 2.43. The lowest BCUT2D eigenvalue weighted by atomic mass is 10.2. The van der Waals surface area contributed by atoms with Gasteiger partial charge in [0.15, 0.2) is 0 Å². The van der Waals surface area contributed by atoms with Crippen molar-refractivity contribution in [2.45, 2.75) is 19.6 Å². The molecule has 0 aliphatic heterocycles. The third-order valence-electron chi connectivity index (χ3n) is 3.25. The van der Waals surface area contributed by atoms with Crippen molar-refractivity contribution in [3.05, 3.63) is 53.5 Å². The van der Waals surface area contributed by atoms with Gasteiger partial charge < -0.3 is 14.5 Å². The van der Waals surface area contributed by atoms with Crippen LogP contribution in [0.25, 0.3) is 0 Å². The Morgan fingerprint density at radius 3 is 2.70 bits per heavy atom. The fourth-order valence-electron chi connectivity index (χ4n) is 2.28. The van der Waals surface area contributed by atoms with E-state index in [9.17, 15) is 0 Å². The zero-order chi connectivity index (χ0) is 14.4. The van der Waals surface area contributed by atoms with Crippen LogP contribution in [0.3, 0.4) is 0 Å². The third kappa shape index (κ3) is 3.62. The van der Waals surface area contributed by atoms with Gasteiger partial charge in [0.2, 0.25) is 0 Å². The molecule has 2 aromatic rings. The van der Waals surface area contributed by atoms with Gasteiger partial charge in [-0.25, -0.2) is 0 Å². The molecule has 4 heteroatoms. The van der Waals surface area contributed by atoms with Gasteiger partial charge in [0.25, 0.3) is 0 Å². The van der Waals surface area contributed by atoms with Crippen LogP contribution < -0.4 is 10.1 Å². The predicted molar refractivity (Wildman–Crippen MR) is 79.6 cm³/mol. The number of furan rings is 1. The standard InChI is InChI=1S/C16H22N2O2/c1-17-10-13-8-9-20-16(13)12-18(2)11-14-6-4-5-7-15(14)19-3/h4-9,17H,10-12H2,1-3H3. The fourth-order valence-corrected chi connectivity index (χ4v) is 2.28. The maximum Gasteiger partial charge on any atom is 0.123 e. The Balaban J connectivity index is 2.01. The van der Waals surface area contributed by atoms with E-state index in [1.807, 2.05) is 31.3 Å². The van der Waals surface area contributed by atoms with Gasteiger partial charge in [-0.2, -0.15) is 0 Å². The molecule has 0 spiro atoms. The summed E-state index contributed by atoms with van der Waals surface area (Å²) in [6, 6.07) is 10.1. The molecule has 4 nitrogen and oxygen atoms in total. The number of nitrogens with zero attached hydrogens (tertiary/aromatic N) is 1. The molecule has 108 valence electrons. The maximum absolute atomic E-state index is 5.57. The number of para-hydroxylation sites is 1. The smallest absolute Gasteiger partial charge is 0.123 e. The van der Waals surface area contributed by atoms with E-state index in [-0.39, 0.29) is 0 Å². The highest BCUT2D eigenvalue weighted by atomic mass is 16.5. The molecule has 2 rings (SSSR count). The molecule has 0 saturated carbocycles. The first-order valence-electron chi connectivity index (χ1n) is 6.75. The summed E-state index contributed by atoms with van der Waals surface area (Å²) >= 11 is 0. The van der Waals surface area contributed by atoms with Crippen LogP contribution in [0, 0.1) is 0 Å². The van der Waals surface area contributed by atoms with Gasteiger partial charge >= 0.3 is 0 Å². The Kier molecular flexibility index (Phi) is 5.21. The van der Waals surface area contributed by atoms with Gasteiger partial charge in [0.05, 0.1) is 19.9 Å². The average Bonchev–Trinajstić information content (AvgIpc) is 2.87. The minimum Gasteiger partial charge on any atom is -0.496 e. The van der Waals surface area contributed by atoms with Gasteiger partial charge in [-0.3, -0.25) is 4.90 Å². The third-order valence-corrected chi connectivity index (χ3v) is 3.25. The fraction of sp³-hybridized carbons (Fsp3) is 0.375. The summed E-state index contributed by atoms with van der Waals surface area (Å²) in [5.74, 6) is 1.94. The lowest BCUT2D eigenvalue weighted by Gasteiger charge is -2.18. The normalized spacial score (nSPS) is 11.0. The Morgan fingerprint density at radius 1 is 1.15 bits per heavy atom. The van der Waals surface area contributed by atoms with E-state index in [1.54, 1.807) is 13.4 Å². The number of nitrogens with one attached hydrogen (secondary N) is 1. The minimum atomic E-state index is 0.780. The van der Waals surface area contributed by atoms with E-state index in [4.69, 9.17) is 9.15 Å². The predicted octanol–water partition coefficient (Wildman–Crippen LogP) is 2.64. The highest BCUT2D eigenvalue weighted by molar-refractivity contribution is 5.33. The molecule has 1 aromatic carbocycles. The molecule has 20 heavy (non-hydrogen) atoms. The van der Waals surface area contributed by atoms with Crippen LogP contribution in [-0.2, 0) is 19.6 Å². The van der Waals surface area contributed by atoms with Gasteiger partial charge in [0.1, 0.15) is 11.5 Å². The van der Waals surface area contributed by atoms with Crippen molar-refractivity contribution in [3.63, 3.8) is 0 Å². The van der Waals surface area contributed by atoms with Crippen LogP contribution in [0.2, 0.25) is 0 Å². The number of hydrogen-bond donors (Lipinski definition) is 1. The monoisotopic (exact) mass is 274 g/mol. The largest absolute Gasteiger partial charge is 0.496 e. The van der Waals surface area contributed by atoms with Crippen LogP contribution in [0.4, 0.5) is 0 Å². The Labute approximate surface area is 120 Å². The van der Waals surface area contributed by atoms with E-state index >= 15 is 0 Å². The maximum atomic E-state index is 5.57. The summed E-state index contributed by atoms with van der Waals surface area (Å²) in [4.78, 5) is 2.22. The lowest BCUT2D eigenvalue weighted by molar-refractivity contribution is 0.280. The Bertz CT molecular complexity index is 537. The number of rotatable bonds is 7. The molecule has 1 heterocycles. The van der Waals surface area contributed by atoms with Crippen LogP contribution >= 0.6 is 0 Å². The number of hydrogen-bond acceptors (Lipinski definition) is 4. The molecule has 0 atom stereocenters. The van der Waals surface area contributed by atoms with Crippen LogP contribution in [0.15, 0.2) is 41.0 Å². The molecule has 0 aliphatic carbocycles. The Morgan fingerprint density at radius 2 is 1.95 bits per heavy atom. The van der Waals surface area contributed by atoms with Crippen molar-refractivity contribution < 1.29 is 9.15 Å². The molecular weight excluding hydrogens is 252 g/mol. The van der Waals surface area contributed by atoms with Gasteiger partial charge in [-0.1, -0.05) is 18.2 Å². The van der Waals surface area contributed by atoms with Gasteiger partial charge in [-0.05, 0) is 26.2 Å². The van der Waals surface area contributed by atoms with Crippen molar-refractivity contribution in [2.24, 2.45) is 0 Å². The first kappa shape index (κ1) is 14.6. The van der Waals surface area contributed by atoms with Crippen molar-refractivity contribution in [3.8, 4) is 5.75 Å². The second-order valence-corrected chi connectivity index (χ2v) is 4.88. The SMILES string of the molecule is CNCc1ccoc1CN(C)Cc1ccccc1OC. The molecule has 1 N–H and O–H groups in total. The Hall–Kier alpha value is -1.78. The molecular formula is C16H22N2O2. The van der Waals surface area contributed by atoms with Gasteiger partial charge in [-0.15, -0.1) is 0 Å². The average molecular weight is 274 g/mol. The lowest BCUT2D eigenvalue weighted by Crippen LogP contribution is -2.19. The van der Waals surface area contributed by atoms with Crippen LogP contribution in [-0.4, -0.2) is 26.1 Å². The summed E-state index contributed by atoms with van der Waals surface area (Å²) in [7, 11) is 5.73. The van der Waals surface area contributed by atoms with Crippen molar-refractivity contribution in [1.29, 1.82) is 0 Å². The molecule has 0 saturated heterocycles. The molecule has 1 aromatic heterocycles. The zero-order valence-corrected chi connectivity index (χ0v) is 12.3. The molecule has 0 radical (unpaired) electrons. The quantitative estimate of drug-likeness (QED) is 0.842. The second kappa shape index (κ2) is 7.12. The first-order valence-corrected chi connectivity index (χ1v) is 6.75. The number of benzene rings is 1. The van der Waals surface area contributed by atoms with E-state index in [0.717, 1.165) is 31.1 Å². The van der Waals surface area contributed by atoms with E-state index in [2.05, 4.69) is 23.3 Å². The molecule has 0 fully saturated rings. The van der Waals surface area contributed by atoms with Crippen LogP contribution in [0.1, 0.15) is 16.9 Å². The van der Waals surface area contributed by atoms with E-state index < -0.39 is 0 Å². The van der Waals surface area contributed by atoms with Crippen molar-refractivity contribution in [1.82, 2.24) is 10.2 Å². The summed E-state index contributed by atoms with van der Waals surface area (Å²) in [5.41, 5.74) is 2.39. The zero-order valence-electron chi connectivity index (χ0n) is 12.3. The van der Waals surface area contributed by atoms with Gasteiger partial charge in [0, 0.05) is 24.2 Å². The second-order valence-electron chi connectivity index (χ2n) is 4.88. The highest BCUT2D eigenvalue weighted by Gasteiger charge is 2.11. The number of methoxy groups -OCH3 is 1.